The molecule has 0 spiro atoms. The Bertz CT molecular complexity index is 13.5. The van der Waals surface area contributed by atoms with Crippen LogP contribution < -0.4 is 0 Å². The maximum Gasteiger partial charge on any atom is 2.00 e. The Hall–Kier alpha value is 2.74. The Labute approximate surface area is 93.4 Å². The molecule has 0 aromatic rings. The maximum atomic E-state index is 0. The SMILES string of the molecule is O.[Ba+2].[H-].[H-].[Ni].[Ti]. The van der Waals surface area contributed by atoms with Gasteiger partial charge in [-0.1, -0.05) is 0 Å². The summed E-state index contributed by atoms with van der Waals surface area (Å²) in [6.07, 6.45) is 0. The predicted molar refractivity (Wildman–Crippen MR) is 11.6 cm³/mol. The molecule has 1 nitrogen and oxygen atoms in total. The molecule has 0 aromatic carbocycles. The van der Waals surface area contributed by atoms with E-state index in [9.17, 15) is 0 Å². The normalized spacial score (nSPS) is 0. The van der Waals surface area contributed by atoms with Crippen LogP contribution in [-0.4, -0.2) is 54.4 Å². The Morgan fingerprint density at radius 3 is 1.25 bits per heavy atom. The van der Waals surface area contributed by atoms with E-state index in [1.165, 1.54) is 0 Å². The van der Waals surface area contributed by atoms with E-state index in [0.717, 1.165) is 0 Å². The minimum absolute atomic E-state index is 0. The molecule has 0 aliphatic carbocycles. The van der Waals surface area contributed by atoms with Crippen LogP contribution >= 0.6 is 0 Å². The van der Waals surface area contributed by atoms with Crippen LogP contribution in [0.15, 0.2) is 0 Å². The van der Waals surface area contributed by atoms with Crippen molar-refractivity contribution in [2.75, 3.05) is 0 Å². The largest absolute Gasteiger partial charge is 2.00 e. The summed E-state index contributed by atoms with van der Waals surface area (Å²) in [7, 11) is 0. The van der Waals surface area contributed by atoms with Gasteiger partial charge in [-0.3, -0.25) is 0 Å². The van der Waals surface area contributed by atoms with Crippen molar-refractivity contribution in [1.82, 2.24) is 0 Å². The van der Waals surface area contributed by atoms with Gasteiger partial charge in [0.2, 0.25) is 0 Å². The summed E-state index contributed by atoms with van der Waals surface area (Å²) in [4.78, 5) is 0. The fraction of sp³-hybridized carbons (Fsp3) is 0. The first-order valence-electron chi connectivity index (χ1n) is 0. The van der Waals surface area contributed by atoms with E-state index in [2.05, 4.69) is 0 Å². The van der Waals surface area contributed by atoms with Gasteiger partial charge in [0.15, 0.2) is 0 Å². The molecule has 26 valence electrons. The van der Waals surface area contributed by atoms with Gasteiger partial charge in [0.25, 0.3) is 0 Å². The number of hydrogen-bond donors (Lipinski definition) is 0. The maximum absolute atomic E-state index is 0. The molecule has 4 heteroatoms. The topological polar surface area (TPSA) is 31.5 Å². The van der Waals surface area contributed by atoms with E-state index in [1.54, 1.807) is 0 Å². The summed E-state index contributed by atoms with van der Waals surface area (Å²) in [6.45, 7) is 0. The quantitative estimate of drug-likeness (QED) is 0.503. The van der Waals surface area contributed by atoms with Crippen molar-refractivity contribution < 1.29 is 46.5 Å². The molecule has 0 saturated heterocycles. The van der Waals surface area contributed by atoms with Crippen molar-refractivity contribution in [2.45, 2.75) is 0 Å². The van der Waals surface area contributed by atoms with Gasteiger partial charge in [-0.25, -0.2) is 0 Å². The molecule has 0 heterocycles. The molecule has 4 heavy (non-hydrogen) atoms. The van der Waals surface area contributed by atoms with Gasteiger partial charge in [-0.2, -0.15) is 0 Å². The van der Waals surface area contributed by atoms with Gasteiger partial charge >= 0.3 is 48.9 Å². The number of hydrogen-bond acceptors (Lipinski definition) is 0. The molecule has 0 unspecified atom stereocenters. The standard InChI is InChI=1S/Ba.Ni.H2O.Ti.2H/h;;1H2;;;/q+2;;;;2*-1. The van der Waals surface area contributed by atoms with Gasteiger partial charge in [0.05, 0.1) is 0 Å². The molecular weight excluding hydrogens is 260 g/mol. The van der Waals surface area contributed by atoms with Crippen LogP contribution in [0.3, 0.4) is 0 Å². The van der Waals surface area contributed by atoms with Gasteiger partial charge in [0, 0.05) is 38.2 Å². The van der Waals surface area contributed by atoms with Crippen LogP contribution in [0.5, 0.6) is 0 Å². The average molecular weight is 264 g/mol. The Morgan fingerprint density at radius 2 is 1.25 bits per heavy atom. The van der Waals surface area contributed by atoms with E-state index in [1.807, 2.05) is 0 Å². The third-order valence-corrected chi connectivity index (χ3v) is 0. The zero-order valence-corrected chi connectivity index (χ0v) is 9.01. The monoisotopic (exact) mass is 264 g/mol. The fourth-order valence-corrected chi connectivity index (χ4v) is 0. The molecule has 0 aliphatic rings. The summed E-state index contributed by atoms with van der Waals surface area (Å²) < 4.78 is 0. The van der Waals surface area contributed by atoms with Crippen molar-refractivity contribution in [3.8, 4) is 0 Å². The smallest absolute Gasteiger partial charge is 1.00 e. The Kier molecular flexibility index (Phi) is 127. The molecule has 0 rings (SSSR count). The second kappa shape index (κ2) is 17.2. The molecule has 0 bridgehead atoms. The molecule has 0 aromatic heterocycles. The van der Waals surface area contributed by atoms with Crippen molar-refractivity contribution >= 4 is 48.9 Å². The van der Waals surface area contributed by atoms with Crippen LogP contribution in [-0.2, 0) is 38.2 Å². The minimum Gasteiger partial charge on any atom is -1.00 e. The first-order chi connectivity index (χ1) is 0. The molecular formula is H4BaNiOTi. The second-order valence-corrected chi connectivity index (χ2v) is 0. The predicted octanol–water partition coefficient (Wildman–Crippen LogP) is -0.986. The zero-order valence-electron chi connectivity index (χ0n) is 4.02. The first kappa shape index (κ1) is 29.6. The van der Waals surface area contributed by atoms with Gasteiger partial charge < -0.3 is 8.33 Å². The Morgan fingerprint density at radius 1 is 1.25 bits per heavy atom. The van der Waals surface area contributed by atoms with E-state index < -0.39 is 0 Å². The average Bonchev–Trinajstić information content (AvgIpc) is 0. The molecule has 0 amide bonds. The zero-order chi connectivity index (χ0) is 0. The molecule has 0 fully saturated rings. The Balaban J connectivity index is 0. The van der Waals surface area contributed by atoms with Crippen LogP contribution in [0, 0.1) is 0 Å². The first-order valence-corrected chi connectivity index (χ1v) is 0. The van der Waals surface area contributed by atoms with Crippen LogP contribution in [0.2, 0.25) is 0 Å². The third-order valence-electron chi connectivity index (χ3n) is 0. The number of rotatable bonds is 0. The van der Waals surface area contributed by atoms with E-state index in [0.29, 0.717) is 0 Å². The minimum atomic E-state index is 0. The van der Waals surface area contributed by atoms with Crippen molar-refractivity contribution in [1.29, 1.82) is 0 Å². The van der Waals surface area contributed by atoms with E-state index >= 15 is 0 Å². The molecule has 2 N–H and O–H groups in total. The second-order valence-electron chi connectivity index (χ2n) is 0. The summed E-state index contributed by atoms with van der Waals surface area (Å²) in [6, 6.07) is 0. The van der Waals surface area contributed by atoms with Crippen molar-refractivity contribution in [2.24, 2.45) is 0 Å². The fourth-order valence-electron chi connectivity index (χ4n) is 0. The summed E-state index contributed by atoms with van der Waals surface area (Å²) in [5.41, 5.74) is 0. The van der Waals surface area contributed by atoms with Gasteiger partial charge in [0.1, 0.15) is 0 Å². The summed E-state index contributed by atoms with van der Waals surface area (Å²) >= 11 is 0. The van der Waals surface area contributed by atoms with E-state index in [-0.39, 0.29) is 95.4 Å². The van der Waals surface area contributed by atoms with Gasteiger partial charge in [-0.05, 0) is 0 Å². The summed E-state index contributed by atoms with van der Waals surface area (Å²) in [5.74, 6) is 0. The van der Waals surface area contributed by atoms with Crippen molar-refractivity contribution in [3.63, 3.8) is 0 Å². The van der Waals surface area contributed by atoms with Crippen LogP contribution in [0.1, 0.15) is 2.85 Å². The van der Waals surface area contributed by atoms with Crippen LogP contribution in [0.4, 0.5) is 0 Å². The summed E-state index contributed by atoms with van der Waals surface area (Å²) in [5, 5.41) is 0. The van der Waals surface area contributed by atoms with Crippen molar-refractivity contribution in [3.05, 3.63) is 0 Å². The molecule has 0 atom stereocenters. The van der Waals surface area contributed by atoms with Gasteiger partial charge in [-0.15, -0.1) is 0 Å². The molecule has 0 radical (unpaired) electrons. The third kappa shape index (κ3) is 8.83. The molecule has 0 saturated carbocycles. The van der Waals surface area contributed by atoms with Crippen LogP contribution in [0.25, 0.3) is 0 Å². The van der Waals surface area contributed by atoms with E-state index in [4.69, 9.17) is 0 Å². The molecule has 0 aliphatic heterocycles.